The molecule has 116 valence electrons. The van der Waals surface area contributed by atoms with E-state index in [1.165, 1.54) is 0 Å². The Kier molecular flexibility index (Phi) is 4.64. The Bertz CT molecular complexity index is 815. The van der Waals surface area contributed by atoms with Gasteiger partial charge in [-0.05, 0) is 43.0 Å². The Balaban J connectivity index is 1.96. The van der Waals surface area contributed by atoms with Crippen molar-refractivity contribution in [1.29, 1.82) is 0 Å². The van der Waals surface area contributed by atoms with Crippen LogP contribution in [0.4, 0.5) is 5.82 Å². The highest BCUT2D eigenvalue weighted by atomic mass is 16.1. The summed E-state index contributed by atoms with van der Waals surface area (Å²) in [6.45, 7) is 0.625. The van der Waals surface area contributed by atoms with Gasteiger partial charge in [0.2, 0.25) is 0 Å². The van der Waals surface area contributed by atoms with Crippen LogP contribution >= 0.6 is 0 Å². The molecular weight excluding hydrogens is 286 g/mol. The fourth-order valence-electron chi connectivity index (χ4n) is 2.53. The molecule has 3 rings (SSSR count). The normalized spacial score (nSPS) is 10.7. The van der Waals surface area contributed by atoms with Crippen molar-refractivity contribution in [3.63, 3.8) is 0 Å². The number of carbonyl (C=O) groups is 1. The van der Waals surface area contributed by atoms with Crippen LogP contribution in [0.1, 0.15) is 22.5 Å². The zero-order valence-corrected chi connectivity index (χ0v) is 12.8. The lowest BCUT2D eigenvalue weighted by Crippen LogP contribution is -2.14. The summed E-state index contributed by atoms with van der Waals surface area (Å²) in [6, 6.07) is 19.1. The van der Waals surface area contributed by atoms with Gasteiger partial charge in [-0.15, -0.1) is 0 Å². The van der Waals surface area contributed by atoms with Crippen LogP contribution in [-0.2, 0) is 6.42 Å². The molecule has 0 saturated heterocycles. The molecule has 3 N–H and O–H groups in total. The number of rotatable bonds is 5. The molecule has 0 atom stereocenters. The number of fused-ring (bicyclic) bond motifs is 1. The predicted octanol–water partition coefficient (Wildman–Crippen LogP) is 3.38. The number of anilines is 1. The van der Waals surface area contributed by atoms with Gasteiger partial charge < -0.3 is 11.1 Å². The van der Waals surface area contributed by atoms with Gasteiger partial charge in [0.05, 0.1) is 0 Å². The Labute approximate surface area is 135 Å². The molecule has 0 bridgehead atoms. The SMILES string of the molecule is NCCCc1cc2ccccc2c(NC(=O)c2ccccc2)n1. The number of benzene rings is 2. The number of hydrogen-bond donors (Lipinski definition) is 2. The zero-order chi connectivity index (χ0) is 16.1. The van der Waals surface area contributed by atoms with E-state index in [-0.39, 0.29) is 5.91 Å². The second kappa shape index (κ2) is 7.03. The summed E-state index contributed by atoms with van der Waals surface area (Å²) in [4.78, 5) is 17.0. The zero-order valence-electron chi connectivity index (χ0n) is 12.8. The molecule has 0 spiro atoms. The Morgan fingerprint density at radius 3 is 2.57 bits per heavy atom. The lowest BCUT2D eigenvalue weighted by Gasteiger charge is -2.11. The summed E-state index contributed by atoms with van der Waals surface area (Å²) < 4.78 is 0. The van der Waals surface area contributed by atoms with Gasteiger partial charge >= 0.3 is 0 Å². The van der Waals surface area contributed by atoms with Gasteiger partial charge in [-0.25, -0.2) is 4.98 Å². The lowest BCUT2D eigenvalue weighted by molar-refractivity contribution is 0.102. The van der Waals surface area contributed by atoms with Crippen molar-refractivity contribution >= 4 is 22.5 Å². The quantitative estimate of drug-likeness (QED) is 0.759. The van der Waals surface area contributed by atoms with Crippen LogP contribution in [0, 0.1) is 0 Å². The van der Waals surface area contributed by atoms with Gasteiger partial charge in [0, 0.05) is 16.6 Å². The average Bonchev–Trinajstić information content (AvgIpc) is 2.60. The maximum Gasteiger partial charge on any atom is 0.256 e. The largest absolute Gasteiger partial charge is 0.330 e. The molecule has 0 saturated carbocycles. The van der Waals surface area contributed by atoms with E-state index in [1.54, 1.807) is 12.1 Å². The van der Waals surface area contributed by atoms with Crippen LogP contribution in [0.25, 0.3) is 10.8 Å². The molecule has 0 fully saturated rings. The van der Waals surface area contributed by atoms with Crippen molar-refractivity contribution in [2.75, 3.05) is 11.9 Å². The van der Waals surface area contributed by atoms with Gasteiger partial charge in [-0.3, -0.25) is 4.79 Å². The molecule has 1 aromatic heterocycles. The number of nitrogens with two attached hydrogens (primary N) is 1. The fraction of sp³-hybridized carbons (Fsp3) is 0.158. The standard InChI is InChI=1S/C19H19N3O/c20-12-6-10-16-13-15-9-4-5-11-17(15)18(21-16)22-19(23)14-7-2-1-3-8-14/h1-5,7-9,11,13H,6,10,12,20H2,(H,21,22,23). The first-order valence-electron chi connectivity index (χ1n) is 7.73. The monoisotopic (exact) mass is 305 g/mol. The van der Waals surface area contributed by atoms with Crippen molar-refractivity contribution in [3.8, 4) is 0 Å². The molecule has 0 aliphatic rings. The van der Waals surface area contributed by atoms with Crippen molar-refractivity contribution in [3.05, 3.63) is 71.9 Å². The molecule has 4 nitrogen and oxygen atoms in total. The predicted molar refractivity (Wildman–Crippen MR) is 93.5 cm³/mol. The Hall–Kier alpha value is -2.72. The number of aromatic nitrogens is 1. The van der Waals surface area contributed by atoms with Crippen LogP contribution in [-0.4, -0.2) is 17.4 Å². The second-order valence-corrected chi connectivity index (χ2v) is 5.40. The number of amides is 1. The third-order valence-corrected chi connectivity index (χ3v) is 3.70. The number of hydrogen-bond acceptors (Lipinski definition) is 3. The third kappa shape index (κ3) is 3.55. The van der Waals surface area contributed by atoms with Crippen molar-refractivity contribution in [1.82, 2.24) is 4.98 Å². The molecule has 4 heteroatoms. The van der Waals surface area contributed by atoms with E-state index in [4.69, 9.17) is 5.73 Å². The molecule has 1 heterocycles. The molecule has 1 amide bonds. The number of nitrogens with zero attached hydrogens (tertiary/aromatic N) is 1. The second-order valence-electron chi connectivity index (χ2n) is 5.40. The maximum atomic E-state index is 12.4. The van der Waals surface area contributed by atoms with Crippen LogP contribution in [0.3, 0.4) is 0 Å². The van der Waals surface area contributed by atoms with Crippen LogP contribution < -0.4 is 11.1 Å². The summed E-state index contributed by atoms with van der Waals surface area (Å²) in [5.41, 5.74) is 7.14. The first-order valence-corrected chi connectivity index (χ1v) is 7.73. The Morgan fingerprint density at radius 1 is 1.04 bits per heavy atom. The van der Waals surface area contributed by atoms with E-state index in [0.29, 0.717) is 17.9 Å². The van der Waals surface area contributed by atoms with Crippen LogP contribution in [0.5, 0.6) is 0 Å². The minimum Gasteiger partial charge on any atom is -0.330 e. The number of carbonyl (C=O) groups excluding carboxylic acids is 1. The van der Waals surface area contributed by atoms with Gasteiger partial charge in [0.25, 0.3) is 5.91 Å². The minimum absolute atomic E-state index is 0.153. The number of aryl methyl sites for hydroxylation is 1. The van der Waals surface area contributed by atoms with E-state index in [0.717, 1.165) is 29.3 Å². The van der Waals surface area contributed by atoms with Crippen molar-refractivity contribution in [2.24, 2.45) is 5.73 Å². The van der Waals surface area contributed by atoms with Gasteiger partial charge in [-0.1, -0.05) is 42.5 Å². The third-order valence-electron chi connectivity index (χ3n) is 3.70. The van der Waals surface area contributed by atoms with E-state index < -0.39 is 0 Å². The first-order chi connectivity index (χ1) is 11.3. The average molecular weight is 305 g/mol. The molecule has 23 heavy (non-hydrogen) atoms. The van der Waals surface area contributed by atoms with E-state index in [2.05, 4.69) is 16.4 Å². The Morgan fingerprint density at radius 2 is 1.78 bits per heavy atom. The summed E-state index contributed by atoms with van der Waals surface area (Å²) in [7, 11) is 0. The molecule has 0 aliphatic heterocycles. The molecular formula is C19H19N3O. The smallest absolute Gasteiger partial charge is 0.256 e. The van der Waals surface area contributed by atoms with E-state index >= 15 is 0 Å². The fourth-order valence-corrected chi connectivity index (χ4v) is 2.53. The topological polar surface area (TPSA) is 68.0 Å². The van der Waals surface area contributed by atoms with Crippen LogP contribution in [0.15, 0.2) is 60.7 Å². The highest BCUT2D eigenvalue weighted by Crippen LogP contribution is 2.23. The van der Waals surface area contributed by atoms with Gasteiger partial charge in [-0.2, -0.15) is 0 Å². The van der Waals surface area contributed by atoms with E-state index in [9.17, 15) is 4.79 Å². The molecule has 0 aliphatic carbocycles. The number of pyridine rings is 1. The van der Waals surface area contributed by atoms with Crippen molar-refractivity contribution in [2.45, 2.75) is 12.8 Å². The molecule has 2 aromatic carbocycles. The summed E-state index contributed by atoms with van der Waals surface area (Å²) >= 11 is 0. The van der Waals surface area contributed by atoms with Gasteiger partial charge in [0.15, 0.2) is 0 Å². The summed E-state index contributed by atoms with van der Waals surface area (Å²) in [5.74, 6) is 0.447. The highest BCUT2D eigenvalue weighted by Gasteiger charge is 2.10. The van der Waals surface area contributed by atoms with Gasteiger partial charge in [0.1, 0.15) is 5.82 Å². The lowest BCUT2D eigenvalue weighted by atomic mass is 10.1. The first kappa shape index (κ1) is 15.2. The number of nitrogens with one attached hydrogen (secondary N) is 1. The summed E-state index contributed by atoms with van der Waals surface area (Å²) in [6.07, 6.45) is 1.67. The van der Waals surface area contributed by atoms with E-state index in [1.807, 2.05) is 42.5 Å². The maximum absolute atomic E-state index is 12.4. The summed E-state index contributed by atoms with van der Waals surface area (Å²) in [5, 5.41) is 4.94. The molecule has 0 radical (unpaired) electrons. The molecule has 0 unspecified atom stereocenters. The van der Waals surface area contributed by atoms with Crippen LogP contribution in [0.2, 0.25) is 0 Å². The van der Waals surface area contributed by atoms with Crippen molar-refractivity contribution < 1.29 is 4.79 Å². The molecule has 3 aromatic rings. The highest BCUT2D eigenvalue weighted by molar-refractivity contribution is 6.08. The minimum atomic E-state index is -0.153.